The van der Waals surface area contributed by atoms with Crippen molar-refractivity contribution in [1.29, 1.82) is 0 Å². The van der Waals surface area contributed by atoms with E-state index in [0.717, 1.165) is 0 Å². The molecule has 0 aliphatic rings. The van der Waals surface area contributed by atoms with E-state index in [4.69, 9.17) is 4.74 Å². The Kier molecular flexibility index (Phi) is 3.62. The maximum atomic E-state index is 12.2. The number of rotatable bonds is 4. The summed E-state index contributed by atoms with van der Waals surface area (Å²) in [4.78, 5) is 16.5. The quantitative estimate of drug-likeness (QED) is 0.876. The molecule has 0 aliphatic heterocycles. The second kappa shape index (κ2) is 5.18. The Labute approximate surface area is 105 Å². The first-order valence-corrected chi connectivity index (χ1v) is 5.86. The predicted octanol–water partition coefficient (Wildman–Crippen LogP) is 1.01. The van der Waals surface area contributed by atoms with E-state index >= 15 is 0 Å². The maximum absolute atomic E-state index is 12.2. The molecule has 96 valence electrons. The molecule has 0 spiro atoms. The zero-order valence-electron chi connectivity index (χ0n) is 10.8. The number of ether oxygens (including phenoxy) is 1. The summed E-state index contributed by atoms with van der Waals surface area (Å²) in [5, 5.41) is 3.71. The normalized spacial score (nSPS) is 12.6. The van der Waals surface area contributed by atoms with E-state index in [1.807, 2.05) is 14.0 Å². The molecule has 1 unspecified atom stereocenters. The van der Waals surface area contributed by atoms with E-state index in [9.17, 15) is 4.79 Å². The zero-order chi connectivity index (χ0) is 13.1. The minimum atomic E-state index is -0.0234. The molecular formula is C13H17N3O2. The highest BCUT2D eigenvalue weighted by atomic mass is 16.5. The summed E-state index contributed by atoms with van der Waals surface area (Å²) >= 11 is 0. The van der Waals surface area contributed by atoms with Crippen LogP contribution in [0, 0.1) is 0 Å². The van der Waals surface area contributed by atoms with Gasteiger partial charge in [-0.3, -0.25) is 9.36 Å². The zero-order valence-corrected chi connectivity index (χ0v) is 10.8. The number of hydrogen-bond donors (Lipinski definition) is 1. The van der Waals surface area contributed by atoms with Crippen LogP contribution in [0.1, 0.15) is 6.92 Å². The van der Waals surface area contributed by atoms with Crippen LogP contribution in [0.15, 0.2) is 29.3 Å². The van der Waals surface area contributed by atoms with Gasteiger partial charge in [-0.1, -0.05) is 0 Å². The molecule has 2 aromatic rings. The van der Waals surface area contributed by atoms with Crippen LogP contribution in [0.4, 0.5) is 0 Å². The Hall–Kier alpha value is -1.88. The summed E-state index contributed by atoms with van der Waals surface area (Å²) in [5.41, 5.74) is 0.637. The van der Waals surface area contributed by atoms with Crippen LogP contribution in [0.3, 0.4) is 0 Å². The maximum Gasteiger partial charge on any atom is 0.261 e. The SMILES string of the molecule is CNC(C)Cn1cnc2cc(OC)ccc2c1=O. The Bertz CT molecular complexity index is 607. The first-order valence-electron chi connectivity index (χ1n) is 5.86. The van der Waals surface area contributed by atoms with Crippen LogP contribution < -0.4 is 15.6 Å². The number of methoxy groups -OCH3 is 1. The average molecular weight is 247 g/mol. The molecule has 0 bridgehead atoms. The highest BCUT2D eigenvalue weighted by Crippen LogP contribution is 2.15. The number of aromatic nitrogens is 2. The van der Waals surface area contributed by atoms with E-state index in [1.54, 1.807) is 36.2 Å². The van der Waals surface area contributed by atoms with Gasteiger partial charge in [-0.15, -0.1) is 0 Å². The minimum Gasteiger partial charge on any atom is -0.497 e. The molecule has 0 saturated carbocycles. The summed E-state index contributed by atoms with van der Waals surface area (Å²) in [7, 11) is 3.46. The topological polar surface area (TPSA) is 56.1 Å². The lowest BCUT2D eigenvalue weighted by Gasteiger charge is -2.12. The number of fused-ring (bicyclic) bond motifs is 1. The Morgan fingerprint density at radius 2 is 2.28 bits per heavy atom. The molecule has 1 N–H and O–H groups in total. The van der Waals surface area contributed by atoms with Crippen LogP contribution in [0.2, 0.25) is 0 Å². The van der Waals surface area contributed by atoms with Crippen molar-refractivity contribution < 1.29 is 4.74 Å². The molecule has 0 radical (unpaired) electrons. The highest BCUT2D eigenvalue weighted by Gasteiger charge is 2.07. The molecule has 5 heteroatoms. The van der Waals surface area contributed by atoms with Crippen LogP contribution >= 0.6 is 0 Å². The van der Waals surface area contributed by atoms with Crippen LogP contribution in [0.5, 0.6) is 5.75 Å². The smallest absolute Gasteiger partial charge is 0.261 e. The lowest BCUT2D eigenvalue weighted by molar-refractivity contribution is 0.415. The molecule has 5 nitrogen and oxygen atoms in total. The lowest BCUT2D eigenvalue weighted by atomic mass is 10.2. The van der Waals surface area contributed by atoms with Gasteiger partial charge in [-0.2, -0.15) is 0 Å². The highest BCUT2D eigenvalue weighted by molar-refractivity contribution is 5.78. The third-order valence-electron chi connectivity index (χ3n) is 3.00. The Balaban J connectivity index is 2.48. The molecule has 1 aromatic heterocycles. The molecule has 2 rings (SSSR count). The molecule has 0 saturated heterocycles. The van der Waals surface area contributed by atoms with Crippen molar-refractivity contribution in [1.82, 2.24) is 14.9 Å². The van der Waals surface area contributed by atoms with E-state index in [-0.39, 0.29) is 11.6 Å². The molecule has 18 heavy (non-hydrogen) atoms. The molecule has 1 atom stereocenters. The van der Waals surface area contributed by atoms with Gasteiger partial charge < -0.3 is 10.1 Å². The molecular weight excluding hydrogens is 230 g/mol. The summed E-state index contributed by atoms with van der Waals surface area (Å²) < 4.78 is 6.74. The minimum absolute atomic E-state index is 0.0234. The fourth-order valence-corrected chi connectivity index (χ4v) is 1.78. The lowest BCUT2D eigenvalue weighted by Crippen LogP contribution is -2.32. The van der Waals surface area contributed by atoms with Gasteiger partial charge in [0.05, 0.1) is 24.3 Å². The van der Waals surface area contributed by atoms with E-state index in [1.165, 1.54) is 0 Å². The van der Waals surface area contributed by atoms with Crippen LogP contribution in [0.25, 0.3) is 10.9 Å². The third kappa shape index (κ3) is 2.36. The van der Waals surface area contributed by atoms with Crippen LogP contribution in [-0.2, 0) is 6.54 Å². The number of nitrogens with zero attached hydrogens (tertiary/aromatic N) is 2. The second-order valence-corrected chi connectivity index (χ2v) is 4.27. The van der Waals surface area contributed by atoms with Crippen molar-refractivity contribution in [2.24, 2.45) is 0 Å². The number of benzene rings is 1. The van der Waals surface area contributed by atoms with Gasteiger partial charge in [0.15, 0.2) is 0 Å². The van der Waals surface area contributed by atoms with E-state index in [2.05, 4.69) is 10.3 Å². The average Bonchev–Trinajstić information content (AvgIpc) is 2.41. The number of nitrogens with one attached hydrogen (secondary N) is 1. The molecule has 1 aromatic carbocycles. The largest absolute Gasteiger partial charge is 0.497 e. The molecule has 0 aliphatic carbocycles. The van der Waals surface area contributed by atoms with Crippen molar-refractivity contribution in [3.8, 4) is 5.75 Å². The third-order valence-corrected chi connectivity index (χ3v) is 3.00. The number of likely N-dealkylation sites (N-methyl/N-ethyl adjacent to an activating group) is 1. The van der Waals surface area contributed by atoms with Gasteiger partial charge in [0, 0.05) is 18.7 Å². The van der Waals surface area contributed by atoms with Crippen molar-refractivity contribution in [2.75, 3.05) is 14.2 Å². The van der Waals surface area contributed by atoms with Gasteiger partial charge in [0.2, 0.25) is 0 Å². The summed E-state index contributed by atoms with van der Waals surface area (Å²) in [5.74, 6) is 0.704. The fraction of sp³-hybridized carbons (Fsp3) is 0.385. The van der Waals surface area contributed by atoms with Crippen molar-refractivity contribution in [3.05, 3.63) is 34.9 Å². The van der Waals surface area contributed by atoms with Crippen molar-refractivity contribution >= 4 is 10.9 Å². The number of hydrogen-bond acceptors (Lipinski definition) is 4. The van der Waals surface area contributed by atoms with Crippen LogP contribution in [-0.4, -0.2) is 29.8 Å². The van der Waals surface area contributed by atoms with Gasteiger partial charge >= 0.3 is 0 Å². The van der Waals surface area contributed by atoms with E-state index < -0.39 is 0 Å². The fourth-order valence-electron chi connectivity index (χ4n) is 1.78. The van der Waals surface area contributed by atoms with E-state index in [0.29, 0.717) is 23.2 Å². The Morgan fingerprint density at radius 1 is 1.50 bits per heavy atom. The summed E-state index contributed by atoms with van der Waals surface area (Å²) in [6.45, 7) is 2.62. The summed E-state index contributed by atoms with van der Waals surface area (Å²) in [6, 6.07) is 5.52. The molecule has 0 fully saturated rings. The predicted molar refractivity (Wildman–Crippen MR) is 71.1 cm³/mol. The van der Waals surface area contributed by atoms with Gasteiger partial charge in [0.25, 0.3) is 5.56 Å². The molecule has 0 amide bonds. The first kappa shape index (κ1) is 12.6. The first-order chi connectivity index (χ1) is 8.65. The molecule has 1 heterocycles. The Morgan fingerprint density at radius 3 is 2.94 bits per heavy atom. The summed E-state index contributed by atoms with van der Waals surface area (Å²) in [6.07, 6.45) is 1.58. The van der Waals surface area contributed by atoms with Gasteiger partial charge in [-0.05, 0) is 26.1 Å². The monoisotopic (exact) mass is 247 g/mol. The second-order valence-electron chi connectivity index (χ2n) is 4.27. The van der Waals surface area contributed by atoms with Gasteiger partial charge in [-0.25, -0.2) is 4.98 Å². The van der Waals surface area contributed by atoms with Crippen molar-refractivity contribution in [3.63, 3.8) is 0 Å². The van der Waals surface area contributed by atoms with Gasteiger partial charge in [0.1, 0.15) is 5.75 Å². The van der Waals surface area contributed by atoms with Crippen molar-refractivity contribution in [2.45, 2.75) is 19.5 Å². The standard InChI is InChI=1S/C13H17N3O2/c1-9(14-2)7-16-8-15-12-6-10(18-3)4-5-11(12)13(16)17/h4-6,8-9,14H,7H2,1-3H3.